The predicted molar refractivity (Wildman–Crippen MR) is 75.3 cm³/mol. The van der Waals surface area contributed by atoms with E-state index in [0.29, 0.717) is 18.7 Å². The molecule has 20 heavy (non-hydrogen) atoms. The van der Waals surface area contributed by atoms with Gasteiger partial charge in [0.25, 0.3) is 0 Å². The monoisotopic (exact) mass is 272 g/mol. The number of fused-ring (bicyclic) bond motifs is 1. The zero-order valence-electron chi connectivity index (χ0n) is 10.8. The second-order valence-corrected chi connectivity index (χ2v) is 4.75. The van der Waals surface area contributed by atoms with Gasteiger partial charge in [-0.25, -0.2) is 8.78 Å². The molecule has 2 aromatic carbocycles. The van der Waals surface area contributed by atoms with Gasteiger partial charge < -0.3 is 10.3 Å². The molecule has 0 radical (unpaired) electrons. The minimum absolute atomic E-state index is 0.444. The quantitative estimate of drug-likeness (QED) is 0.778. The Kier molecular flexibility index (Phi) is 3.24. The summed E-state index contributed by atoms with van der Waals surface area (Å²) in [5.74, 6) is -1.65. The Labute approximate surface area is 115 Å². The maximum absolute atomic E-state index is 13.3. The molecule has 0 bridgehead atoms. The summed E-state index contributed by atoms with van der Waals surface area (Å²) >= 11 is 0. The maximum atomic E-state index is 13.3. The van der Waals surface area contributed by atoms with Crippen molar-refractivity contribution in [2.24, 2.45) is 5.73 Å². The molecule has 0 amide bonds. The summed E-state index contributed by atoms with van der Waals surface area (Å²) in [5, 5.41) is 1.09. The van der Waals surface area contributed by atoms with Crippen LogP contribution in [-0.2, 0) is 13.1 Å². The Bertz CT molecular complexity index is 762. The van der Waals surface area contributed by atoms with Crippen LogP contribution in [0.15, 0.2) is 48.7 Å². The molecule has 0 atom stereocenters. The third-order valence-electron chi connectivity index (χ3n) is 3.43. The number of aromatic nitrogens is 1. The number of para-hydroxylation sites is 1. The van der Waals surface area contributed by atoms with Crippen molar-refractivity contribution >= 4 is 10.9 Å². The lowest BCUT2D eigenvalue weighted by Gasteiger charge is -2.09. The van der Waals surface area contributed by atoms with Crippen molar-refractivity contribution in [3.8, 4) is 0 Å². The highest BCUT2D eigenvalue weighted by atomic mass is 19.2. The molecule has 1 heterocycles. The molecule has 0 saturated carbocycles. The van der Waals surface area contributed by atoms with E-state index in [0.717, 1.165) is 22.5 Å². The topological polar surface area (TPSA) is 30.9 Å². The van der Waals surface area contributed by atoms with Crippen LogP contribution in [0, 0.1) is 11.6 Å². The van der Waals surface area contributed by atoms with Crippen molar-refractivity contribution in [3.05, 3.63) is 71.4 Å². The van der Waals surface area contributed by atoms with E-state index in [4.69, 9.17) is 5.73 Å². The van der Waals surface area contributed by atoms with Crippen molar-refractivity contribution in [2.75, 3.05) is 0 Å². The second kappa shape index (κ2) is 5.06. The first-order valence-electron chi connectivity index (χ1n) is 6.40. The van der Waals surface area contributed by atoms with Gasteiger partial charge in [-0.1, -0.05) is 24.3 Å². The normalized spacial score (nSPS) is 11.2. The van der Waals surface area contributed by atoms with Gasteiger partial charge in [0.05, 0.1) is 5.52 Å². The molecule has 102 valence electrons. The Balaban J connectivity index is 2.04. The van der Waals surface area contributed by atoms with E-state index in [9.17, 15) is 8.78 Å². The van der Waals surface area contributed by atoms with E-state index >= 15 is 0 Å². The lowest BCUT2D eigenvalue weighted by molar-refractivity contribution is 0.506. The molecule has 0 aliphatic heterocycles. The van der Waals surface area contributed by atoms with Gasteiger partial charge in [-0.2, -0.15) is 0 Å². The van der Waals surface area contributed by atoms with Gasteiger partial charge in [0, 0.05) is 19.3 Å². The molecule has 2 nitrogen and oxygen atoms in total. The van der Waals surface area contributed by atoms with Crippen LogP contribution in [0.5, 0.6) is 0 Å². The van der Waals surface area contributed by atoms with E-state index in [2.05, 4.69) is 0 Å². The summed E-state index contributed by atoms with van der Waals surface area (Å²) in [6, 6.07) is 11.9. The Morgan fingerprint density at radius 2 is 1.85 bits per heavy atom. The van der Waals surface area contributed by atoms with Crippen molar-refractivity contribution < 1.29 is 8.78 Å². The molecule has 0 aliphatic rings. The molecule has 4 heteroatoms. The van der Waals surface area contributed by atoms with E-state index in [1.165, 1.54) is 6.07 Å². The van der Waals surface area contributed by atoms with Crippen LogP contribution in [0.25, 0.3) is 10.9 Å². The fraction of sp³-hybridized carbons (Fsp3) is 0.125. The van der Waals surface area contributed by atoms with Gasteiger partial charge in [-0.15, -0.1) is 0 Å². The highest BCUT2D eigenvalue weighted by Gasteiger charge is 2.08. The standard InChI is InChI=1S/C16H14F2N2/c17-14-5-4-11(8-15(14)18)10-20-7-6-12-2-1-3-13(9-19)16(12)20/h1-8H,9-10,19H2. The van der Waals surface area contributed by atoms with Crippen LogP contribution in [0.3, 0.4) is 0 Å². The lowest BCUT2D eigenvalue weighted by Crippen LogP contribution is -2.04. The Hall–Kier alpha value is -2.20. The molecule has 0 fully saturated rings. The highest BCUT2D eigenvalue weighted by Crippen LogP contribution is 2.21. The van der Waals surface area contributed by atoms with Crippen LogP contribution in [-0.4, -0.2) is 4.57 Å². The third-order valence-corrected chi connectivity index (χ3v) is 3.43. The molecule has 0 spiro atoms. The number of hydrogen-bond donors (Lipinski definition) is 1. The molecule has 3 aromatic rings. The van der Waals surface area contributed by atoms with E-state index in [1.54, 1.807) is 6.07 Å². The first kappa shape index (κ1) is 12.8. The number of hydrogen-bond acceptors (Lipinski definition) is 1. The fourth-order valence-corrected chi connectivity index (χ4v) is 2.47. The minimum Gasteiger partial charge on any atom is -0.343 e. The van der Waals surface area contributed by atoms with Crippen LogP contribution < -0.4 is 5.73 Å². The first-order valence-corrected chi connectivity index (χ1v) is 6.40. The van der Waals surface area contributed by atoms with Gasteiger partial charge in [-0.3, -0.25) is 0 Å². The Morgan fingerprint density at radius 1 is 1.00 bits per heavy atom. The zero-order valence-corrected chi connectivity index (χ0v) is 10.8. The second-order valence-electron chi connectivity index (χ2n) is 4.75. The van der Waals surface area contributed by atoms with Gasteiger partial charge in [0.15, 0.2) is 11.6 Å². The van der Waals surface area contributed by atoms with Gasteiger partial charge in [-0.05, 0) is 34.7 Å². The summed E-state index contributed by atoms with van der Waals surface area (Å²) in [6.07, 6.45) is 1.94. The number of benzene rings is 2. The minimum atomic E-state index is -0.825. The smallest absolute Gasteiger partial charge is 0.159 e. The van der Waals surface area contributed by atoms with Crippen molar-refractivity contribution in [1.82, 2.24) is 4.57 Å². The number of nitrogens with two attached hydrogens (primary N) is 1. The van der Waals surface area contributed by atoms with Crippen molar-refractivity contribution in [2.45, 2.75) is 13.1 Å². The summed E-state index contributed by atoms with van der Waals surface area (Å²) in [5.41, 5.74) is 8.55. The molecular weight excluding hydrogens is 258 g/mol. The highest BCUT2D eigenvalue weighted by molar-refractivity contribution is 5.83. The van der Waals surface area contributed by atoms with Gasteiger partial charge >= 0.3 is 0 Å². The SMILES string of the molecule is NCc1cccc2ccn(Cc3ccc(F)c(F)c3)c12. The molecule has 0 aliphatic carbocycles. The molecule has 1 aromatic heterocycles. The number of rotatable bonds is 3. The van der Waals surface area contributed by atoms with Crippen LogP contribution in [0.1, 0.15) is 11.1 Å². The average molecular weight is 272 g/mol. The fourth-order valence-electron chi connectivity index (χ4n) is 2.47. The van der Waals surface area contributed by atoms with E-state index in [-0.39, 0.29) is 0 Å². The predicted octanol–water partition coefficient (Wildman–Crippen LogP) is 3.43. The molecule has 0 unspecified atom stereocenters. The number of nitrogens with zero attached hydrogens (tertiary/aromatic N) is 1. The third kappa shape index (κ3) is 2.18. The van der Waals surface area contributed by atoms with Crippen LogP contribution in [0.2, 0.25) is 0 Å². The van der Waals surface area contributed by atoms with Crippen molar-refractivity contribution in [3.63, 3.8) is 0 Å². The molecule has 0 saturated heterocycles. The maximum Gasteiger partial charge on any atom is 0.159 e. The average Bonchev–Trinajstić information content (AvgIpc) is 2.86. The van der Waals surface area contributed by atoms with Gasteiger partial charge in [0.1, 0.15) is 0 Å². The summed E-state index contributed by atoms with van der Waals surface area (Å²) in [7, 11) is 0. The Morgan fingerprint density at radius 3 is 2.60 bits per heavy atom. The van der Waals surface area contributed by atoms with Crippen LogP contribution in [0.4, 0.5) is 8.78 Å². The van der Waals surface area contributed by atoms with Crippen LogP contribution >= 0.6 is 0 Å². The molecule has 2 N–H and O–H groups in total. The summed E-state index contributed by atoms with van der Waals surface area (Å²) in [4.78, 5) is 0. The number of halogens is 2. The van der Waals surface area contributed by atoms with Gasteiger partial charge in [0.2, 0.25) is 0 Å². The van der Waals surface area contributed by atoms with E-state index in [1.807, 2.05) is 35.0 Å². The summed E-state index contributed by atoms with van der Waals surface area (Å²) < 4.78 is 28.2. The van der Waals surface area contributed by atoms with E-state index < -0.39 is 11.6 Å². The first-order chi connectivity index (χ1) is 9.69. The zero-order chi connectivity index (χ0) is 14.1. The largest absolute Gasteiger partial charge is 0.343 e. The lowest BCUT2D eigenvalue weighted by atomic mass is 10.1. The molecular formula is C16H14F2N2. The summed E-state index contributed by atoms with van der Waals surface area (Å²) in [6.45, 7) is 0.927. The molecule has 3 rings (SSSR count). The van der Waals surface area contributed by atoms with Crippen molar-refractivity contribution in [1.29, 1.82) is 0 Å².